The Morgan fingerprint density at radius 2 is 1.65 bits per heavy atom. The van der Waals surface area contributed by atoms with Gasteiger partial charge in [0, 0.05) is 17.7 Å². The number of ether oxygens (including phenoxy) is 4. The van der Waals surface area contributed by atoms with Crippen LogP contribution in [0.1, 0.15) is 44.5 Å². The van der Waals surface area contributed by atoms with Crippen LogP contribution in [0.2, 0.25) is 0 Å². The number of benzene rings is 2. The summed E-state index contributed by atoms with van der Waals surface area (Å²) in [5.41, 5.74) is 0.778. The molecular formula is C23H27NO7. The molecule has 0 atom stereocenters. The van der Waals surface area contributed by atoms with E-state index in [1.807, 2.05) is 24.3 Å². The van der Waals surface area contributed by atoms with Crippen LogP contribution < -0.4 is 9.47 Å². The number of carbonyl (C=O) groups is 1. The van der Waals surface area contributed by atoms with Crippen LogP contribution >= 0.6 is 0 Å². The summed E-state index contributed by atoms with van der Waals surface area (Å²) in [6, 6.07) is 12.9. The van der Waals surface area contributed by atoms with E-state index >= 15 is 0 Å². The number of carbonyl (C=O) groups excluding carboxylic acids is 1. The summed E-state index contributed by atoms with van der Waals surface area (Å²) in [7, 11) is 0. The van der Waals surface area contributed by atoms with E-state index in [0.29, 0.717) is 6.61 Å². The average molecular weight is 429 g/mol. The second-order valence-corrected chi connectivity index (χ2v) is 7.35. The van der Waals surface area contributed by atoms with E-state index in [1.165, 1.54) is 43.5 Å². The first kappa shape index (κ1) is 22.7. The molecule has 0 saturated carbocycles. The zero-order valence-electron chi connectivity index (χ0n) is 17.5. The van der Waals surface area contributed by atoms with Gasteiger partial charge in [0.1, 0.15) is 17.4 Å². The van der Waals surface area contributed by atoms with Crippen molar-refractivity contribution in [3.05, 3.63) is 64.2 Å². The van der Waals surface area contributed by atoms with Crippen molar-refractivity contribution < 1.29 is 28.7 Å². The molecule has 0 aromatic heterocycles. The second-order valence-electron chi connectivity index (χ2n) is 7.35. The highest BCUT2D eigenvalue weighted by molar-refractivity contribution is 5.75. The van der Waals surface area contributed by atoms with Crippen LogP contribution in [0.3, 0.4) is 0 Å². The van der Waals surface area contributed by atoms with Gasteiger partial charge in [-0.3, -0.25) is 14.9 Å². The Labute approximate surface area is 181 Å². The molecule has 0 spiro atoms. The van der Waals surface area contributed by atoms with Crippen LogP contribution in [0.5, 0.6) is 11.5 Å². The number of hydrogen-bond donors (Lipinski definition) is 0. The molecule has 2 aromatic rings. The molecule has 0 aliphatic carbocycles. The number of hydrogen-bond acceptors (Lipinski definition) is 7. The largest absolute Gasteiger partial charge is 0.494 e. The van der Waals surface area contributed by atoms with Gasteiger partial charge in [0.2, 0.25) is 0 Å². The molecule has 1 aliphatic heterocycles. The molecule has 0 unspecified atom stereocenters. The van der Waals surface area contributed by atoms with Gasteiger partial charge in [0.25, 0.3) is 5.69 Å². The van der Waals surface area contributed by atoms with E-state index in [9.17, 15) is 14.9 Å². The Bertz CT molecular complexity index is 843. The number of unbranched alkanes of at least 4 members (excludes halogenated alkanes) is 3. The molecule has 0 amide bonds. The summed E-state index contributed by atoms with van der Waals surface area (Å²) in [6.45, 7) is 3.20. The molecule has 0 N–H and O–H groups in total. The lowest BCUT2D eigenvalue weighted by molar-refractivity contribution is -0.384. The van der Waals surface area contributed by atoms with Gasteiger partial charge in [-0.25, -0.2) is 0 Å². The summed E-state index contributed by atoms with van der Waals surface area (Å²) in [4.78, 5) is 22.5. The second kappa shape index (κ2) is 11.4. The number of rotatable bonds is 10. The van der Waals surface area contributed by atoms with Gasteiger partial charge in [0.15, 0.2) is 6.29 Å². The lowest BCUT2D eigenvalue weighted by atomic mass is 10.1. The molecule has 166 valence electrons. The van der Waals surface area contributed by atoms with Crippen LogP contribution in [-0.4, -0.2) is 30.7 Å². The first-order valence-electron chi connectivity index (χ1n) is 10.5. The van der Waals surface area contributed by atoms with Crippen molar-refractivity contribution in [3.63, 3.8) is 0 Å². The highest BCUT2D eigenvalue weighted by Crippen LogP contribution is 2.28. The summed E-state index contributed by atoms with van der Waals surface area (Å²) in [5.74, 6) is -0.0279. The fourth-order valence-corrected chi connectivity index (χ4v) is 3.11. The number of nitro groups is 1. The lowest BCUT2D eigenvalue weighted by Gasteiger charge is -2.28. The van der Waals surface area contributed by atoms with Gasteiger partial charge in [-0.05, 0) is 30.7 Å². The molecule has 8 heteroatoms. The standard InChI is InChI=1S/C23H27NO7/c1-2-3-4-5-14-28-20-10-6-17(7-11-20)23-29-15-18(16-30-23)22(25)31-21-12-8-19(9-13-21)24(26)27/h6-13,18,23H,2-5,14-16H2,1H3. The van der Waals surface area contributed by atoms with Crippen LogP contribution in [0.15, 0.2) is 48.5 Å². The molecule has 2 aromatic carbocycles. The van der Waals surface area contributed by atoms with E-state index in [1.54, 1.807) is 0 Å². The smallest absolute Gasteiger partial charge is 0.319 e. The molecule has 0 bridgehead atoms. The first-order valence-corrected chi connectivity index (χ1v) is 10.5. The molecule has 1 fully saturated rings. The molecule has 8 nitrogen and oxygen atoms in total. The average Bonchev–Trinajstić information content (AvgIpc) is 2.80. The van der Waals surface area contributed by atoms with Crippen molar-refractivity contribution in [1.29, 1.82) is 0 Å². The van der Waals surface area contributed by atoms with Crippen molar-refractivity contribution in [2.75, 3.05) is 19.8 Å². The number of nitrogens with zero attached hydrogens (tertiary/aromatic N) is 1. The fraction of sp³-hybridized carbons (Fsp3) is 0.435. The van der Waals surface area contributed by atoms with E-state index in [-0.39, 0.29) is 24.7 Å². The highest BCUT2D eigenvalue weighted by atomic mass is 16.7. The van der Waals surface area contributed by atoms with Gasteiger partial charge in [-0.15, -0.1) is 0 Å². The third-order valence-electron chi connectivity index (χ3n) is 4.92. The molecule has 1 heterocycles. The van der Waals surface area contributed by atoms with Crippen molar-refractivity contribution in [2.45, 2.75) is 38.9 Å². The zero-order valence-corrected chi connectivity index (χ0v) is 17.5. The minimum absolute atomic E-state index is 0.0696. The van der Waals surface area contributed by atoms with Crippen molar-refractivity contribution >= 4 is 11.7 Å². The number of non-ortho nitro benzene ring substituents is 1. The van der Waals surface area contributed by atoms with Crippen LogP contribution in [-0.2, 0) is 14.3 Å². The van der Waals surface area contributed by atoms with Crippen molar-refractivity contribution in [2.24, 2.45) is 5.92 Å². The summed E-state index contributed by atoms with van der Waals surface area (Å²) < 4.78 is 22.4. The van der Waals surface area contributed by atoms with Crippen LogP contribution in [0.4, 0.5) is 5.69 Å². The fourth-order valence-electron chi connectivity index (χ4n) is 3.11. The monoisotopic (exact) mass is 429 g/mol. The van der Waals surface area contributed by atoms with Gasteiger partial charge >= 0.3 is 5.97 Å². The van der Waals surface area contributed by atoms with Gasteiger partial charge in [-0.1, -0.05) is 38.3 Å². The Balaban J connectivity index is 1.43. The van der Waals surface area contributed by atoms with Crippen molar-refractivity contribution in [1.82, 2.24) is 0 Å². The zero-order chi connectivity index (χ0) is 22.1. The Hall–Kier alpha value is -2.97. The molecular weight excluding hydrogens is 402 g/mol. The lowest BCUT2D eigenvalue weighted by Crippen LogP contribution is -2.35. The third kappa shape index (κ3) is 6.77. The van der Waals surface area contributed by atoms with E-state index < -0.39 is 23.1 Å². The van der Waals surface area contributed by atoms with E-state index in [4.69, 9.17) is 18.9 Å². The number of nitro benzene ring substituents is 1. The van der Waals surface area contributed by atoms with E-state index in [2.05, 4.69) is 6.92 Å². The predicted molar refractivity (Wildman–Crippen MR) is 113 cm³/mol. The van der Waals surface area contributed by atoms with E-state index in [0.717, 1.165) is 17.7 Å². The quantitative estimate of drug-likeness (QED) is 0.176. The topological polar surface area (TPSA) is 97.1 Å². The summed E-state index contributed by atoms with van der Waals surface area (Å²) in [6.07, 6.45) is 4.09. The molecule has 0 radical (unpaired) electrons. The maximum Gasteiger partial charge on any atom is 0.319 e. The molecule has 1 saturated heterocycles. The molecule has 3 rings (SSSR count). The Morgan fingerprint density at radius 1 is 1.00 bits per heavy atom. The number of esters is 1. The first-order chi connectivity index (χ1) is 15.1. The Morgan fingerprint density at radius 3 is 2.26 bits per heavy atom. The highest BCUT2D eigenvalue weighted by Gasteiger charge is 2.30. The third-order valence-corrected chi connectivity index (χ3v) is 4.92. The van der Waals surface area contributed by atoms with Crippen LogP contribution in [0.25, 0.3) is 0 Å². The summed E-state index contributed by atoms with van der Waals surface area (Å²) in [5, 5.41) is 10.7. The normalized spacial score (nSPS) is 18.4. The van der Waals surface area contributed by atoms with Gasteiger partial charge in [-0.2, -0.15) is 0 Å². The molecule has 31 heavy (non-hydrogen) atoms. The minimum atomic E-state index is -0.572. The van der Waals surface area contributed by atoms with Crippen molar-refractivity contribution in [3.8, 4) is 11.5 Å². The minimum Gasteiger partial charge on any atom is -0.494 e. The Kier molecular flexibility index (Phi) is 8.37. The van der Waals surface area contributed by atoms with Gasteiger partial charge < -0.3 is 18.9 Å². The predicted octanol–water partition coefficient (Wildman–Crippen LogP) is 4.82. The SMILES string of the molecule is CCCCCCOc1ccc(C2OCC(C(=O)Oc3ccc([N+](=O)[O-])cc3)CO2)cc1. The summed E-state index contributed by atoms with van der Waals surface area (Å²) >= 11 is 0. The molecule has 1 aliphatic rings. The van der Waals surface area contributed by atoms with Gasteiger partial charge in [0.05, 0.1) is 24.7 Å². The van der Waals surface area contributed by atoms with Crippen LogP contribution in [0, 0.1) is 16.0 Å². The maximum absolute atomic E-state index is 12.3. The maximum atomic E-state index is 12.3.